The van der Waals surface area contributed by atoms with Crippen LogP contribution in [0.3, 0.4) is 0 Å². The Hall–Kier alpha value is -1.94. The molecule has 0 unspecified atom stereocenters. The molecule has 1 aromatic carbocycles. The summed E-state index contributed by atoms with van der Waals surface area (Å²) < 4.78 is 0. The lowest BCUT2D eigenvalue weighted by Crippen LogP contribution is -2.47. The van der Waals surface area contributed by atoms with Crippen molar-refractivity contribution in [1.29, 1.82) is 0 Å². The van der Waals surface area contributed by atoms with E-state index in [1.165, 1.54) is 0 Å². The van der Waals surface area contributed by atoms with Gasteiger partial charge in [0.2, 0.25) is 0 Å². The predicted molar refractivity (Wildman–Crippen MR) is 72.9 cm³/mol. The third-order valence-electron chi connectivity index (χ3n) is 3.74. The molecular formula is C15H16N2O2. The second-order valence-electron chi connectivity index (χ2n) is 5.14. The lowest BCUT2D eigenvalue weighted by molar-refractivity contribution is -0.0300. The van der Waals surface area contributed by atoms with Crippen molar-refractivity contribution in [3.8, 4) is 0 Å². The number of nitrogens with one attached hydrogen (secondary N) is 1. The second kappa shape index (κ2) is 4.63. The Morgan fingerprint density at radius 3 is 2.84 bits per heavy atom. The van der Waals surface area contributed by atoms with Gasteiger partial charge in [0.15, 0.2) is 0 Å². The highest BCUT2D eigenvalue weighted by atomic mass is 16.3. The van der Waals surface area contributed by atoms with Gasteiger partial charge < -0.3 is 10.4 Å². The zero-order valence-electron chi connectivity index (χ0n) is 10.6. The molecule has 0 aliphatic heterocycles. The van der Waals surface area contributed by atoms with E-state index in [1.807, 2.05) is 24.3 Å². The molecule has 2 N–H and O–H groups in total. The number of amides is 1. The lowest BCUT2D eigenvalue weighted by Gasteiger charge is -2.36. The fourth-order valence-electron chi connectivity index (χ4n) is 2.39. The first-order valence-corrected chi connectivity index (χ1v) is 6.52. The maximum atomic E-state index is 12.2. The van der Waals surface area contributed by atoms with Crippen molar-refractivity contribution in [1.82, 2.24) is 10.3 Å². The first-order chi connectivity index (χ1) is 9.18. The number of benzene rings is 1. The van der Waals surface area contributed by atoms with Crippen molar-refractivity contribution in [2.75, 3.05) is 6.54 Å². The molecule has 0 spiro atoms. The van der Waals surface area contributed by atoms with Crippen molar-refractivity contribution >= 4 is 16.8 Å². The van der Waals surface area contributed by atoms with Gasteiger partial charge in [-0.1, -0.05) is 18.2 Å². The van der Waals surface area contributed by atoms with Gasteiger partial charge >= 0.3 is 0 Å². The van der Waals surface area contributed by atoms with Crippen LogP contribution in [0.5, 0.6) is 0 Å². The van der Waals surface area contributed by atoms with E-state index in [1.54, 1.807) is 12.3 Å². The molecule has 1 saturated carbocycles. The molecule has 1 amide bonds. The molecule has 1 heterocycles. The van der Waals surface area contributed by atoms with Gasteiger partial charge in [0.25, 0.3) is 5.91 Å². The monoisotopic (exact) mass is 256 g/mol. The van der Waals surface area contributed by atoms with Gasteiger partial charge in [-0.2, -0.15) is 0 Å². The summed E-state index contributed by atoms with van der Waals surface area (Å²) in [6.45, 7) is 0.315. The quantitative estimate of drug-likeness (QED) is 0.881. The molecule has 3 rings (SSSR count). The first-order valence-electron chi connectivity index (χ1n) is 6.52. The molecule has 4 nitrogen and oxygen atoms in total. The van der Waals surface area contributed by atoms with Gasteiger partial charge in [-0.05, 0) is 31.4 Å². The highest BCUT2D eigenvalue weighted by Gasteiger charge is 2.34. The molecular weight excluding hydrogens is 240 g/mol. The molecule has 1 aromatic heterocycles. The largest absolute Gasteiger partial charge is 0.388 e. The molecule has 0 bridgehead atoms. The molecule has 19 heavy (non-hydrogen) atoms. The number of para-hydroxylation sites is 1. The van der Waals surface area contributed by atoms with Gasteiger partial charge in [-0.25, -0.2) is 0 Å². The number of hydrogen-bond donors (Lipinski definition) is 2. The summed E-state index contributed by atoms with van der Waals surface area (Å²) in [5.41, 5.74) is 0.553. The van der Waals surface area contributed by atoms with Crippen LogP contribution in [-0.4, -0.2) is 28.1 Å². The number of rotatable bonds is 3. The number of carbonyl (C=O) groups is 1. The number of pyridine rings is 1. The fourth-order valence-corrected chi connectivity index (χ4v) is 2.39. The van der Waals surface area contributed by atoms with Crippen molar-refractivity contribution in [2.24, 2.45) is 0 Å². The van der Waals surface area contributed by atoms with Crippen LogP contribution in [0.2, 0.25) is 0 Å². The summed E-state index contributed by atoms with van der Waals surface area (Å²) in [5.74, 6) is -0.176. The third-order valence-corrected chi connectivity index (χ3v) is 3.74. The average Bonchev–Trinajstić information content (AvgIpc) is 2.42. The van der Waals surface area contributed by atoms with Crippen molar-refractivity contribution in [3.05, 3.63) is 42.1 Å². The van der Waals surface area contributed by atoms with Crippen LogP contribution in [0, 0.1) is 0 Å². The average molecular weight is 256 g/mol. The molecule has 0 saturated heterocycles. The maximum Gasteiger partial charge on any atom is 0.253 e. The zero-order chi connectivity index (χ0) is 13.3. The van der Waals surface area contributed by atoms with E-state index in [2.05, 4.69) is 10.3 Å². The Labute approximate surface area is 111 Å². The SMILES string of the molecule is O=C(NCC1(O)CCC1)c1cccc2cccnc12. The highest BCUT2D eigenvalue weighted by Crippen LogP contribution is 2.30. The van der Waals surface area contributed by atoms with E-state index in [0.29, 0.717) is 17.6 Å². The van der Waals surface area contributed by atoms with E-state index in [-0.39, 0.29) is 5.91 Å². The standard InChI is InChI=1S/C15H16N2O2/c18-14(17-10-15(19)7-3-8-15)12-6-1-4-11-5-2-9-16-13(11)12/h1-2,4-6,9,19H,3,7-8,10H2,(H,17,18). The van der Waals surface area contributed by atoms with Gasteiger partial charge in [0.1, 0.15) is 0 Å². The van der Waals surface area contributed by atoms with Crippen LogP contribution in [-0.2, 0) is 0 Å². The van der Waals surface area contributed by atoms with E-state index < -0.39 is 5.60 Å². The Kier molecular flexibility index (Phi) is 2.95. The number of aromatic nitrogens is 1. The number of aliphatic hydroxyl groups is 1. The van der Waals surface area contributed by atoms with Crippen LogP contribution in [0.4, 0.5) is 0 Å². The van der Waals surface area contributed by atoms with E-state index in [4.69, 9.17) is 0 Å². The minimum atomic E-state index is -0.701. The molecule has 0 atom stereocenters. The van der Waals surface area contributed by atoms with E-state index in [0.717, 1.165) is 24.6 Å². The van der Waals surface area contributed by atoms with Crippen LogP contribution in [0.25, 0.3) is 10.9 Å². The summed E-state index contributed by atoms with van der Waals surface area (Å²) in [5, 5.41) is 13.7. The molecule has 1 fully saturated rings. The van der Waals surface area contributed by atoms with Crippen molar-refractivity contribution < 1.29 is 9.90 Å². The molecule has 4 heteroatoms. The van der Waals surface area contributed by atoms with E-state index in [9.17, 15) is 9.90 Å². The normalized spacial score (nSPS) is 16.9. The van der Waals surface area contributed by atoms with Crippen LogP contribution < -0.4 is 5.32 Å². The Morgan fingerprint density at radius 2 is 2.11 bits per heavy atom. The van der Waals surface area contributed by atoms with Gasteiger partial charge in [0, 0.05) is 18.1 Å². The minimum Gasteiger partial charge on any atom is -0.388 e. The van der Waals surface area contributed by atoms with Crippen LogP contribution in [0.15, 0.2) is 36.5 Å². The summed E-state index contributed by atoms with van der Waals surface area (Å²) in [4.78, 5) is 16.4. The highest BCUT2D eigenvalue weighted by molar-refractivity contribution is 6.05. The predicted octanol–water partition coefficient (Wildman–Crippen LogP) is 1.88. The Morgan fingerprint density at radius 1 is 1.32 bits per heavy atom. The molecule has 0 radical (unpaired) electrons. The topological polar surface area (TPSA) is 62.2 Å². The number of nitrogens with zero attached hydrogens (tertiary/aromatic N) is 1. The Balaban J connectivity index is 1.81. The maximum absolute atomic E-state index is 12.2. The van der Waals surface area contributed by atoms with Crippen molar-refractivity contribution in [2.45, 2.75) is 24.9 Å². The summed E-state index contributed by atoms with van der Waals surface area (Å²) in [6, 6.07) is 9.31. The number of carbonyl (C=O) groups excluding carboxylic acids is 1. The first kappa shape index (κ1) is 12.1. The van der Waals surface area contributed by atoms with Crippen LogP contribution >= 0.6 is 0 Å². The second-order valence-corrected chi connectivity index (χ2v) is 5.14. The molecule has 1 aliphatic rings. The van der Waals surface area contributed by atoms with Gasteiger partial charge in [-0.15, -0.1) is 0 Å². The molecule has 98 valence electrons. The number of hydrogen-bond acceptors (Lipinski definition) is 3. The summed E-state index contributed by atoms with van der Waals surface area (Å²) >= 11 is 0. The lowest BCUT2D eigenvalue weighted by atomic mass is 9.80. The fraction of sp³-hybridized carbons (Fsp3) is 0.333. The third kappa shape index (κ3) is 2.31. The smallest absolute Gasteiger partial charge is 0.253 e. The molecule has 2 aromatic rings. The summed E-state index contributed by atoms with van der Waals surface area (Å²) in [6.07, 6.45) is 4.24. The molecule has 1 aliphatic carbocycles. The van der Waals surface area contributed by atoms with Gasteiger partial charge in [-0.3, -0.25) is 9.78 Å². The van der Waals surface area contributed by atoms with Gasteiger partial charge in [0.05, 0.1) is 16.7 Å². The van der Waals surface area contributed by atoms with Crippen LogP contribution in [0.1, 0.15) is 29.6 Å². The minimum absolute atomic E-state index is 0.176. The van der Waals surface area contributed by atoms with Crippen molar-refractivity contribution in [3.63, 3.8) is 0 Å². The summed E-state index contributed by atoms with van der Waals surface area (Å²) in [7, 11) is 0. The number of fused-ring (bicyclic) bond motifs is 1. The van der Waals surface area contributed by atoms with E-state index >= 15 is 0 Å². The Bertz CT molecular complexity index is 615. The zero-order valence-corrected chi connectivity index (χ0v) is 10.6.